The van der Waals surface area contributed by atoms with Gasteiger partial charge in [0, 0.05) is 6.07 Å². The fourth-order valence-corrected chi connectivity index (χ4v) is 1.23. The zero-order chi connectivity index (χ0) is 9.26. The highest BCUT2D eigenvalue weighted by Gasteiger charge is 2.05. The minimum atomic E-state index is -0.0220. The van der Waals surface area contributed by atoms with Gasteiger partial charge in [-0.15, -0.1) is 5.73 Å². The molecule has 13 heavy (non-hydrogen) atoms. The van der Waals surface area contributed by atoms with Crippen LogP contribution < -0.4 is 5.43 Å². The van der Waals surface area contributed by atoms with Crippen molar-refractivity contribution < 1.29 is 4.42 Å². The summed E-state index contributed by atoms with van der Waals surface area (Å²) in [7, 11) is 0. The number of fused-ring (bicyclic) bond motifs is 1. The lowest BCUT2D eigenvalue weighted by molar-refractivity contribution is 0.504. The van der Waals surface area contributed by atoms with Crippen LogP contribution in [-0.2, 0) is 0 Å². The topological polar surface area (TPSA) is 30.2 Å². The van der Waals surface area contributed by atoms with Crippen LogP contribution in [0.15, 0.2) is 33.2 Å². The van der Waals surface area contributed by atoms with Gasteiger partial charge in [-0.1, -0.05) is 6.08 Å². The number of hydrogen-bond acceptors (Lipinski definition) is 2. The maximum atomic E-state index is 11.5. The third-order valence-electron chi connectivity index (χ3n) is 1.80. The van der Waals surface area contributed by atoms with Crippen LogP contribution >= 0.6 is 0 Å². The molecule has 0 saturated heterocycles. The molecule has 64 valence electrons. The van der Waals surface area contributed by atoms with Gasteiger partial charge in [-0.05, 0) is 25.2 Å². The lowest BCUT2D eigenvalue weighted by Crippen LogP contribution is -2.05. The molecule has 1 aliphatic carbocycles. The molecule has 2 nitrogen and oxygen atoms in total. The van der Waals surface area contributed by atoms with Crippen LogP contribution in [0.3, 0.4) is 0 Å². The molecule has 1 heterocycles. The predicted octanol–water partition coefficient (Wildman–Crippen LogP) is 2.14. The molecule has 0 N–H and O–H groups in total. The molecule has 0 unspecified atom stereocenters. The highest BCUT2D eigenvalue weighted by atomic mass is 16.3. The van der Waals surface area contributed by atoms with Gasteiger partial charge in [-0.25, -0.2) is 0 Å². The molecule has 1 aliphatic rings. The summed E-state index contributed by atoms with van der Waals surface area (Å²) in [5.74, 6) is 1.23. The van der Waals surface area contributed by atoms with Crippen molar-refractivity contribution in [1.29, 1.82) is 0 Å². The molecule has 0 fully saturated rings. The largest absolute Gasteiger partial charge is 0.461 e. The number of hydrogen-bond donors (Lipinski definition) is 0. The first-order chi connectivity index (χ1) is 6.27. The summed E-state index contributed by atoms with van der Waals surface area (Å²) in [6, 6.07) is 1.48. The van der Waals surface area contributed by atoms with E-state index < -0.39 is 0 Å². The van der Waals surface area contributed by atoms with Gasteiger partial charge in [0.25, 0.3) is 0 Å². The first kappa shape index (κ1) is 7.84. The van der Waals surface area contributed by atoms with E-state index in [1.54, 1.807) is 31.2 Å². The lowest BCUT2D eigenvalue weighted by Gasteiger charge is -1.98. The van der Waals surface area contributed by atoms with E-state index in [1.165, 1.54) is 6.07 Å². The van der Waals surface area contributed by atoms with Gasteiger partial charge in [0.2, 0.25) is 0 Å². The molecule has 0 bridgehead atoms. The van der Waals surface area contributed by atoms with E-state index in [4.69, 9.17) is 4.42 Å². The summed E-state index contributed by atoms with van der Waals surface area (Å²) in [5, 5.41) is 0. The third kappa shape index (κ3) is 1.40. The summed E-state index contributed by atoms with van der Waals surface area (Å²) in [4.78, 5) is 11.5. The minimum Gasteiger partial charge on any atom is -0.461 e. The third-order valence-corrected chi connectivity index (χ3v) is 1.80. The van der Waals surface area contributed by atoms with Crippen LogP contribution in [0, 0.1) is 6.92 Å². The average Bonchev–Trinajstić information content (AvgIpc) is 2.28. The van der Waals surface area contributed by atoms with E-state index in [9.17, 15) is 4.79 Å². The van der Waals surface area contributed by atoms with Crippen LogP contribution in [0.2, 0.25) is 0 Å². The Labute approximate surface area is 75.5 Å². The summed E-state index contributed by atoms with van der Waals surface area (Å²) >= 11 is 0. The molecule has 0 spiro atoms. The second-order valence-corrected chi connectivity index (χ2v) is 2.84. The highest BCUT2D eigenvalue weighted by Crippen LogP contribution is 2.12. The van der Waals surface area contributed by atoms with Crippen LogP contribution in [-0.4, -0.2) is 0 Å². The molecule has 2 heteroatoms. The van der Waals surface area contributed by atoms with E-state index in [1.807, 2.05) is 0 Å². The second kappa shape index (κ2) is 2.92. The van der Waals surface area contributed by atoms with Gasteiger partial charge in [-0.3, -0.25) is 4.79 Å². The number of aryl methyl sites for hydroxylation is 1. The smallest absolute Gasteiger partial charge is 0.193 e. The van der Waals surface area contributed by atoms with Crippen LogP contribution in [0.1, 0.15) is 17.1 Å². The summed E-state index contributed by atoms with van der Waals surface area (Å²) < 4.78 is 5.38. The van der Waals surface area contributed by atoms with Gasteiger partial charge >= 0.3 is 0 Å². The van der Waals surface area contributed by atoms with Crippen LogP contribution in [0.25, 0.3) is 12.2 Å². The lowest BCUT2D eigenvalue weighted by atomic mass is 10.2. The van der Waals surface area contributed by atoms with Crippen molar-refractivity contribution in [2.75, 3.05) is 0 Å². The van der Waals surface area contributed by atoms with E-state index in [0.29, 0.717) is 17.1 Å². The quantitative estimate of drug-likeness (QED) is 0.561. The molecule has 0 saturated carbocycles. The summed E-state index contributed by atoms with van der Waals surface area (Å²) in [6.07, 6.45) is 6.94. The SMILES string of the molecule is Cc1cc(=O)c2c(o1)C=CC=C=C2. The minimum absolute atomic E-state index is 0.0220. The molecule has 0 atom stereocenters. The van der Waals surface area contributed by atoms with Crippen LogP contribution in [0.4, 0.5) is 0 Å². The normalized spacial score (nSPS) is 12.7. The van der Waals surface area contributed by atoms with Crippen molar-refractivity contribution >= 4 is 12.2 Å². The summed E-state index contributed by atoms with van der Waals surface area (Å²) in [5.41, 5.74) is 3.41. The van der Waals surface area contributed by atoms with E-state index in [0.717, 1.165) is 0 Å². The maximum absolute atomic E-state index is 11.5. The molecule has 2 rings (SSSR count). The monoisotopic (exact) mass is 172 g/mol. The molecule has 0 amide bonds. The molecular weight excluding hydrogens is 164 g/mol. The standard InChI is InChI=1S/C11H8O2/c1-8-7-10(12)9-5-3-2-4-6-11(9)13-8/h2,4-7H,1H3. The zero-order valence-electron chi connectivity index (χ0n) is 7.20. The molecule has 0 radical (unpaired) electrons. The highest BCUT2D eigenvalue weighted by molar-refractivity contribution is 5.63. The average molecular weight is 172 g/mol. The summed E-state index contributed by atoms with van der Waals surface area (Å²) in [6.45, 7) is 1.76. The molecule has 0 aromatic carbocycles. The second-order valence-electron chi connectivity index (χ2n) is 2.84. The fraction of sp³-hybridized carbons (Fsp3) is 0.0909. The Morgan fingerprint density at radius 1 is 1.46 bits per heavy atom. The molecular formula is C11H8O2. The Balaban J connectivity index is 2.81. The first-order valence-electron chi connectivity index (χ1n) is 4.01. The van der Waals surface area contributed by atoms with Crippen molar-refractivity contribution in [3.8, 4) is 0 Å². The number of allylic oxidation sites excluding steroid dienone is 2. The Morgan fingerprint density at radius 3 is 3.15 bits per heavy atom. The van der Waals surface area contributed by atoms with Crippen molar-refractivity contribution in [2.24, 2.45) is 0 Å². The molecule has 0 aliphatic heterocycles. The Kier molecular flexibility index (Phi) is 1.76. The van der Waals surface area contributed by atoms with Gasteiger partial charge in [0.1, 0.15) is 11.5 Å². The predicted molar refractivity (Wildman–Crippen MR) is 51.3 cm³/mol. The van der Waals surface area contributed by atoms with Crippen LogP contribution in [0.5, 0.6) is 0 Å². The van der Waals surface area contributed by atoms with E-state index in [2.05, 4.69) is 5.73 Å². The van der Waals surface area contributed by atoms with E-state index in [-0.39, 0.29) is 5.43 Å². The van der Waals surface area contributed by atoms with Crippen molar-refractivity contribution in [3.63, 3.8) is 0 Å². The first-order valence-corrected chi connectivity index (χ1v) is 4.01. The van der Waals surface area contributed by atoms with Gasteiger partial charge in [-0.2, -0.15) is 0 Å². The maximum Gasteiger partial charge on any atom is 0.193 e. The van der Waals surface area contributed by atoms with Crippen molar-refractivity contribution in [1.82, 2.24) is 0 Å². The van der Waals surface area contributed by atoms with Gasteiger partial charge < -0.3 is 4.42 Å². The van der Waals surface area contributed by atoms with Crippen molar-refractivity contribution in [2.45, 2.75) is 6.92 Å². The Morgan fingerprint density at radius 2 is 2.31 bits per heavy atom. The fourth-order valence-electron chi connectivity index (χ4n) is 1.23. The van der Waals surface area contributed by atoms with Crippen molar-refractivity contribution in [3.05, 3.63) is 51.3 Å². The van der Waals surface area contributed by atoms with E-state index >= 15 is 0 Å². The molecule has 1 aromatic heterocycles. The van der Waals surface area contributed by atoms with Gasteiger partial charge in [0.15, 0.2) is 5.43 Å². The zero-order valence-corrected chi connectivity index (χ0v) is 7.20. The molecule has 1 aromatic rings. The Bertz CT molecular complexity index is 483. The Hall–Kier alpha value is -1.79. The number of rotatable bonds is 0. The van der Waals surface area contributed by atoms with Gasteiger partial charge in [0.05, 0.1) is 5.56 Å².